The summed E-state index contributed by atoms with van der Waals surface area (Å²) in [5, 5.41) is 0. The zero-order chi connectivity index (χ0) is 40.8. The summed E-state index contributed by atoms with van der Waals surface area (Å²) in [6, 6.07) is 22.4. The Morgan fingerprint density at radius 3 is 1.22 bits per heavy atom. The summed E-state index contributed by atoms with van der Waals surface area (Å²) in [5.41, 5.74) is -7.74. The number of nitrogens with one attached hydrogen (secondary N) is 2. The lowest BCUT2D eigenvalue weighted by Crippen LogP contribution is -1.93. The molecule has 0 atom stereocenters. The minimum absolute atomic E-state index is 0.0420. The topological polar surface area (TPSA) is 57.4 Å². The zero-order valence-electron chi connectivity index (χ0n) is 30.7. The molecule has 6 aromatic rings. The van der Waals surface area contributed by atoms with Crippen molar-refractivity contribution in [1.82, 2.24) is 19.9 Å². The Morgan fingerprint density at radius 2 is 0.845 bits per heavy atom. The predicted molar refractivity (Wildman–Crippen MR) is 213 cm³/mol. The van der Waals surface area contributed by atoms with Crippen LogP contribution >= 0.6 is 0 Å². The normalized spacial score (nSPS) is 13.4. The fraction of sp³-hybridized carbons (Fsp3) is 0.0870. The lowest BCUT2D eigenvalue weighted by molar-refractivity contribution is 0.528. The molecule has 0 unspecified atom stereocenters. The molecule has 0 radical (unpaired) electrons. The van der Waals surface area contributed by atoms with Gasteiger partial charge in [-0.3, -0.25) is 0 Å². The Bertz CT molecular complexity index is 2890. The summed E-state index contributed by atoms with van der Waals surface area (Å²) in [6.45, 7) is 3.43. The van der Waals surface area contributed by atoms with Crippen molar-refractivity contribution >= 4 is 50.9 Å². The second-order valence-corrected chi connectivity index (χ2v) is 13.4. The molecule has 2 aliphatic rings. The standard InChI is InChI=1S/C46H30F8N4/c1-3-5-9-16-23(4-2)27-39-31(47)33(49)41(55-39)28(24-17-10-6-11-18-24)43-35(51)37(53)45(57-43)30(26-21-14-8-15-22-26)46-38(54)36(52)44(58-46)29(25-19-12-7-13-20-25)42-34(50)32(48)40(27)56-42/h4,6-22,55,58H,3,5H2,1-2H3/b16-9-,23-4+,39-27?,40-27?,41-28?,42-29?,43-28?,44-29?,45-30?,46-30?. The molecule has 3 aromatic heterocycles. The first-order valence-corrected chi connectivity index (χ1v) is 18.2. The Morgan fingerprint density at radius 1 is 0.500 bits per heavy atom. The third kappa shape index (κ3) is 6.16. The third-order valence-corrected chi connectivity index (χ3v) is 9.91. The van der Waals surface area contributed by atoms with Crippen molar-refractivity contribution in [3.63, 3.8) is 0 Å². The van der Waals surface area contributed by atoms with Gasteiger partial charge in [0.25, 0.3) is 0 Å². The molecule has 8 bridgehead atoms. The van der Waals surface area contributed by atoms with Crippen molar-refractivity contribution in [2.45, 2.75) is 26.7 Å². The fourth-order valence-corrected chi connectivity index (χ4v) is 7.21. The molecule has 8 rings (SSSR count). The second-order valence-electron chi connectivity index (χ2n) is 13.4. The number of nitrogens with zero attached hydrogens (tertiary/aromatic N) is 2. The Kier molecular flexibility index (Phi) is 10.0. The minimum Gasteiger partial charge on any atom is -0.349 e. The van der Waals surface area contributed by atoms with E-state index in [1.807, 2.05) is 6.92 Å². The molecule has 5 heterocycles. The van der Waals surface area contributed by atoms with E-state index in [2.05, 4.69) is 19.9 Å². The summed E-state index contributed by atoms with van der Waals surface area (Å²) in [7, 11) is 0. The molecule has 0 spiro atoms. The largest absolute Gasteiger partial charge is 0.349 e. The monoisotopic (exact) mass is 790 g/mol. The molecule has 0 amide bonds. The number of rotatable bonds is 7. The number of hydrogen-bond acceptors (Lipinski definition) is 2. The molecule has 2 aliphatic heterocycles. The van der Waals surface area contributed by atoms with E-state index in [-0.39, 0.29) is 22.3 Å². The van der Waals surface area contributed by atoms with Gasteiger partial charge in [-0.05, 0) is 35.6 Å². The van der Waals surface area contributed by atoms with Crippen LogP contribution in [0.3, 0.4) is 0 Å². The van der Waals surface area contributed by atoms with Gasteiger partial charge in [-0.2, -0.15) is 0 Å². The summed E-state index contributed by atoms with van der Waals surface area (Å²) in [5.74, 6) is -12.7. The average molecular weight is 791 g/mol. The van der Waals surface area contributed by atoms with Crippen LogP contribution in [-0.2, 0) is 0 Å². The molecule has 12 heteroatoms. The highest BCUT2D eigenvalue weighted by Gasteiger charge is 2.34. The Labute approximate surface area is 326 Å². The minimum atomic E-state index is -1.61. The molecule has 2 N–H and O–H groups in total. The summed E-state index contributed by atoms with van der Waals surface area (Å²) < 4.78 is 133. The van der Waals surface area contributed by atoms with Crippen molar-refractivity contribution in [2.24, 2.45) is 0 Å². The van der Waals surface area contributed by atoms with E-state index in [9.17, 15) is 0 Å². The van der Waals surface area contributed by atoms with Crippen molar-refractivity contribution in [3.05, 3.63) is 161 Å². The van der Waals surface area contributed by atoms with Crippen molar-refractivity contribution in [2.75, 3.05) is 0 Å². The van der Waals surface area contributed by atoms with Gasteiger partial charge in [0.05, 0.1) is 22.1 Å². The number of H-pyrrole nitrogens is 2. The highest BCUT2D eigenvalue weighted by Crippen LogP contribution is 2.47. The van der Waals surface area contributed by atoms with Crippen LogP contribution in [0.4, 0.5) is 35.1 Å². The first kappa shape index (κ1) is 38.1. The van der Waals surface area contributed by atoms with Crippen molar-refractivity contribution in [1.29, 1.82) is 0 Å². The molecule has 0 saturated carbocycles. The number of aromatic nitrogens is 4. The molecule has 0 fully saturated rings. The van der Waals surface area contributed by atoms with Gasteiger partial charge in [0.15, 0.2) is 46.6 Å². The molecule has 3 aromatic carbocycles. The number of benzene rings is 3. The first-order valence-electron chi connectivity index (χ1n) is 18.2. The van der Waals surface area contributed by atoms with Gasteiger partial charge in [-0.15, -0.1) is 0 Å². The average Bonchev–Trinajstić information content (AvgIpc) is 3.90. The second kappa shape index (κ2) is 15.3. The van der Waals surface area contributed by atoms with Crippen LogP contribution in [0.5, 0.6) is 0 Å². The number of unbranched alkanes of at least 4 members (excludes halogenated alkanes) is 1. The van der Waals surface area contributed by atoms with E-state index in [4.69, 9.17) is 0 Å². The highest BCUT2D eigenvalue weighted by atomic mass is 19.2. The van der Waals surface area contributed by atoms with E-state index >= 15 is 35.1 Å². The van der Waals surface area contributed by atoms with E-state index in [0.717, 1.165) is 0 Å². The number of aromatic amines is 2. The Hall–Kier alpha value is -6.82. The predicted octanol–water partition coefficient (Wildman–Crippen LogP) is 14.2. The van der Waals surface area contributed by atoms with Gasteiger partial charge in [0.2, 0.25) is 0 Å². The Balaban J connectivity index is 1.73. The molecule has 290 valence electrons. The van der Waals surface area contributed by atoms with Gasteiger partial charge in [0, 0.05) is 22.3 Å². The zero-order valence-corrected chi connectivity index (χ0v) is 30.7. The molecule has 0 saturated heterocycles. The van der Waals surface area contributed by atoms with Crippen LogP contribution in [-0.4, -0.2) is 19.9 Å². The maximum absolute atomic E-state index is 16.7. The van der Waals surface area contributed by atoms with Crippen LogP contribution < -0.4 is 0 Å². The third-order valence-electron chi connectivity index (χ3n) is 9.91. The number of allylic oxidation sites excluding steroid dienone is 4. The highest BCUT2D eigenvalue weighted by molar-refractivity contribution is 6.04. The van der Waals surface area contributed by atoms with Gasteiger partial charge in [-0.1, -0.05) is 123 Å². The molecule has 58 heavy (non-hydrogen) atoms. The molecule has 0 aliphatic carbocycles. The van der Waals surface area contributed by atoms with Crippen LogP contribution in [0.1, 0.15) is 55.0 Å². The van der Waals surface area contributed by atoms with Gasteiger partial charge in [0.1, 0.15) is 22.8 Å². The van der Waals surface area contributed by atoms with E-state index in [0.29, 0.717) is 12.8 Å². The summed E-state index contributed by atoms with van der Waals surface area (Å²) in [6.07, 6.45) is 5.83. The maximum atomic E-state index is 16.7. The molecule has 4 nitrogen and oxygen atoms in total. The summed E-state index contributed by atoms with van der Waals surface area (Å²) in [4.78, 5) is 13.9. The fourth-order valence-electron chi connectivity index (χ4n) is 7.21. The number of halogens is 8. The van der Waals surface area contributed by atoms with Crippen LogP contribution in [0.2, 0.25) is 0 Å². The van der Waals surface area contributed by atoms with Crippen molar-refractivity contribution < 1.29 is 35.1 Å². The quantitative estimate of drug-likeness (QED) is 0.125. The first-order chi connectivity index (χ1) is 28.1. The van der Waals surface area contributed by atoms with Crippen LogP contribution in [0.15, 0.2) is 109 Å². The van der Waals surface area contributed by atoms with E-state index < -0.39 is 114 Å². The van der Waals surface area contributed by atoms with E-state index in [1.54, 1.807) is 24.3 Å². The van der Waals surface area contributed by atoms with Gasteiger partial charge < -0.3 is 9.97 Å². The summed E-state index contributed by atoms with van der Waals surface area (Å²) >= 11 is 0. The van der Waals surface area contributed by atoms with Gasteiger partial charge >= 0.3 is 0 Å². The lowest BCUT2D eigenvalue weighted by Gasteiger charge is -2.07. The molecular formula is C46H30F8N4. The van der Waals surface area contributed by atoms with Crippen LogP contribution in [0, 0.1) is 23.3 Å². The number of fused-ring (bicyclic) bond motifs is 8. The maximum Gasteiger partial charge on any atom is 0.187 e. The van der Waals surface area contributed by atoms with Crippen LogP contribution in [0.25, 0.3) is 84.3 Å². The van der Waals surface area contributed by atoms with Gasteiger partial charge in [-0.25, -0.2) is 45.1 Å². The number of hydrogen-bond donors (Lipinski definition) is 2. The SMILES string of the molecule is C/C=C(\C=C/CCC)c1c2nc(c(-c3ccccc3)c3[nH]c(c(F)c3F)c(-c3ccccc3)c3nc(c(-c4ccccc4)c4[nH]c1c(F)c4F)C(F)=C3F)C(F)=C2F. The lowest BCUT2D eigenvalue weighted by atomic mass is 10.0. The molecular weight excluding hydrogens is 761 g/mol. The smallest absolute Gasteiger partial charge is 0.187 e. The van der Waals surface area contributed by atoms with E-state index in [1.165, 1.54) is 91.9 Å². The van der Waals surface area contributed by atoms with Crippen molar-refractivity contribution in [3.8, 4) is 33.4 Å².